The summed E-state index contributed by atoms with van der Waals surface area (Å²) >= 11 is 5.21. The van der Waals surface area contributed by atoms with Crippen LogP contribution in [0.1, 0.15) is 29.7 Å². The molecule has 2 aromatic rings. The van der Waals surface area contributed by atoms with E-state index in [2.05, 4.69) is 20.6 Å². The number of hydrogen-bond acceptors (Lipinski definition) is 5. The van der Waals surface area contributed by atoms with E-state index in [0.29, 0.717) is 26.2 Å². The van der Waals surface area contributed by atoms with Crippen LogP contribution < -0.4 is 15.5 Å². The smallest absolute Gasteiger partial charge is 0.376 e. The van der Waals surface area contributed by atoms with Gasteiger partial charge in [-0.3, -0.25) is 0 Å². The number of hydrogen-bond donors (Lipinski definition) is 2. The fourth-order valence-corrected chi connectivity index (χ4v) is 3.82. The molecule has 3 heterocycles. The number of nitrogens with zero attached hydrogens (tertiary/aromatic N) is 3. The van der Waals surface area contributed by atoms with Crippen LogP contribution >= 0.6 is 12.2 Å². The van der Waals surface area contributed by atoms with Crippen molar-refractivity contribution in [2.75, 3.05) is 29.9 Å². The number of alkyl halides is 3. The quantitative estimate of drug-likeness (QED) is 0.710. The first kappa shape index (κ1) is 20.8. The third-order valence-corrected chi connectivity index (χ3v) is 5.44. The molecular weight excluding hydrogens is 415 g/mol. The first-order chi connectivity index (χ1) is 14.4. The van der Waals surface area contributed by atoms with Gasteiger partial charge in [-0.25, -0.2) is 4.98 Å². The molecule has 0 spiro atoms. The van der Waals surface area contributed by atoms with Crippen LogP contribution in [0.15, 0.2) is 30.3 Å². The van der Waals surface area contributed by atoms with E-state index in [4.69, 9.17) is 17.0 Å². The molecule has 2 aliphatic heterocycles. The Kier molecular flexibility index (Phi) is 6.05. The van der Waals surface area contributed by atoms with Crippen LogP contribution in [0.2, 0.25) is 0 Å². The lowest BCUT2D eigenvalue weighted by Crippen LogP contribution is -2.36. The minimum absolute atomic E-state index is 0.0520. The van der Waals surface area contributed by atoms with Crippen LogP contribution in [-0.4, -0.2) is 40.9 Å². The summed E-state index contributed by atoms with van der Waals surface area (Å²) in [5, 5.41) is 5.82. The lowest BCUT2D eigenvalue weighted by molar-refractivity contribution is -0.141. The second-order valence-electron chi connectivity index (χ2n) is 7.34. The standard InChI is InChI=1S/C20H22F3N5OS/c21-20(22,23)16-10-17(28-8-7-13-4-1-2-5-14(13)12-28)26-18(25-16)27-19(30)24-11-15-6-3-9-29-15/h1-2,4-5,10,15H,3,6-9,11-12H2,(H2,24,25,26,27,30). The number of benzene rings is 1. The molecule has 30 heavy (non-hydrogen) atoms. The summed E-state index contributed by atoms with van der Waals surface area (Å²) in [6, 6.07) is 8.90. The Morgan fingerprint density at radius 2 is 2.03 bits per heavy atom. The Labute approximate surface area is 177 Å². The number of rotatable bonds is 4. The molecule has 0 saturated carbocycles. The van der Waals surface area contributed by atoms with Crippen LogP contribution in [0.3, 0.4) is 0 Å². The van der Waals surface area contributed by atoms with Gasteiger partial charge >= 0.3 is 6.18 Å². The molecule has 1 atom stereocenters. The fraction of sp³-hybridized carbons (Fsp3) is 0.450. The highest BCUT2D eigenvalue weighted by atomic mass is 32.1. The highest BCUT2D eigenvalue weighted by molar-refractivity contribution is 7.80. The van der Waals surface area contributed by atoms with Crippen LogP contribution in [0, 0.1) is 0 Å². The Morgan fingerprint density at radius 3 is 2.77 bits per heavy atom. The molecule has 1 aromatic heterocycles. The molecule has 0 aliphatic carbocycles. The van der Waals surface area contributed by atoms with Gasteiger partial charge in [0.25, 0.3) is 0 Å². The van der Waals surface area contributed by atoms with Gasteiger partial charge in [0, 0.05) is 32.3 Å². The largest absolute Gasteiger partial charge is 0.433 e. The SMILES string of the molecule is FC(F)(F)c1cc(N2CCc3ccccc3C2)nc(NC(=S)NCC2CCCO2)n1. The minimum Gasteiger partial charge on any atom is -0.376 e. The molecule has 10 heteroatoms. The van der Waals surface area contributed by atoms with Gasteiger partial charge < -0.3 is 20.3 Å². The van der Waals surface area contributed by atoms with Gasteiger partial charge in [0.2, 0.25) is 5.95 Å². The summed E-state index contributed by atoms with van der Waals surface area (Å²) in [7, 11) is 0. The van der Waals surface area contributed by atoms with Crippen molar-refractivity contribution in [2.24, 2.45) is 0 Å². The van der Waals surface area contributed by atoms with Crippen molar-refractivity contribution in [1.29, 1.82) is 0 Å². The zero-order chi connectivity index (χ0) is 21.1. The summed E-state index contributed by atoms with van der Waals surface area (Å²) in [5.41, 5.74) is 1.28. The fourth-order valence-electron chi connectivity index (χ4n) is 3.65. The molecule has 2 N–H and O–H groups in total. The normalized spacial score (nSPS) is 18.8. The second kappa shape index (κ2) is 8.73. The first-order valence-corrected chi connectivity index (χ1v) is 10.2. The molecular formula is C20H22F3N5OS. The van der Waals surface area contributed by atoms with E-state index in [0.717, 1.165) is 30.9 Å². The number of fused-ring (bicyclic) bond motifs is 1. The molecule has 0 amide bonds. The van der Waals surface area contributed by atoms with E-state index in [-0.39, 0.29) is 23.0 Å². The molecule has 2 aliphatic rings. The molecule has 1 saturated heterocycles. The van der Waals surface area contributed by atoms with Gasteiger partial charge in [0.1, 0.15) is 5.82 Å². The van der Waals surface area contributed by atoms with E-state index >= 15 is 0 Å². The first-order valence-electron chi connectivity index (χ1n) is 9.83. The van der Waals surface area contributed by atoms with Gasteiger partial charge in [-0.1, -0.05) is 24.3 Å². The zero-order valence-electron chi connectivity index (χ0n) is 16.2. The van der Waals surface area contributed by atoms with Crippen molar-refractivity contribution in [3.63, 3.8) is 0 Å². The van der Waals surface area contributed by atoms with Gasteiger partial charge in [-0.15, -0.1) is 0 Å². The summed E-state index contributed by atoms with van der Waals surface area (Å²) < 4.78 is 45.8. The molecule has 4 rings (SSSR count). The Hall–Kier alpha value is -2.46. The number of nitrogens with one attached hydrogen (secondary N) is 2. The summed E-state index contributed by atoms with van der Waals surface area (Å²) in [5.74, 6) is 0.0415. The Morgan fingerprint density at radius 1 is 1.23 bits per heavy atom. The lowest BCUT2D eigenvalue weighted by Gasteiger charge is -2.30. The van der Waals surface area contributed by atoms with Gasteiger partial charge in [0.15, 0.2) is 10.8 Å². The van der Waals surface area contributed by atoms with Crippen molar-refractivity contribution < 1.29 is 17.9 Å². The summed E-state index contributed by atoms with van der Waals surface area (Å²) in [4.78, 5) is 9.77. The second-order valence-corrected chi connectivity index (χ2v) is 7.75. The van der Waals surface area contributed by atoms with Crippen molar-refractivity contribution in [1.82, 2.24) is 15.3 Å². The molecule has 1 unspecified atom stereocenters. The zero-order valence-corrected chi connectivity index (χ0v) is 17.0. The number of anilines is 2. The Bertz CT molecular complexity index is 918. The maximum Gasteiger partial charge on any atom is 0.433 e. The van der Waals surface area contributed by atoms with E-state index in [1.165, 1.54) is 5.56 Å². The van der Waals surface area contributed by atoms with Gasteiger partial charge in [0.05, 0.1) is 6.10 Å². The molecule has 160 valence electrons. The molecule has 0 radical (unpaired) electrons. The average Bonchev–Trinajstić information content (AvgIpc) is 3.25. The third kappa shape index (κ3) is 4.99. The monoisotopic (exact) mass is 437 g/mol. The topological polar surface area (TPSA) is 62.3 Å². The molecule has 1 aromatic carbocycles. The predicted octanol–water partition coefficient (Wildman–Crippen LogP) is 3.52. The number of aromatic nitrogens is 2. The van der Waals surface area contributed by atoms with E-state index in [1.807, 2.05) is 29.2 Å². The van der Waals surface area contributed by atoms with Crippen LogP contribution in [-0.2, 0) is 23.9 Å². The number of halogens is 3. The van der Waals surface area contributed by atoms with Crippen molar-refractivity contribution in [3.05, 3.63) is 47.2 Å². The summed E-state index contributed by atoms with van der Waals surface area (Å²) in [6.45, 7) is 2.27. The van der Waals surface area contributed by atoms with Crippen LogP contribution in [0.4, 0.5) is 24.9 Å². The van der Waals surface area contributed by atoms with E-state index in [1.54, 1.807) is 0 Å². The van der Waals surface area contributed by atoms with Gasteiger partial charge in [-0.2, -0.15) is 18.2 Å². The lowest BCUT2D eigenvalue weighted by atomic mass is 10.00. The maximum absolute atomic E-state index is 13.4. The van der Waals surface area contributed by atoms with Crippen molar-refractivity contribution in [2.45, 2.75) is 38.1 Å². The minimum atomic E-state index is -4.59. The Balaban J connectivity index is 1.51. The van der Waals surface area contributed by atoms with Crippen LogP contribution in [0.25, 0.3) is 0 Å². The summed E-state index contributed by atoms with van der Waals surface area (Å²) in [6.07, 6.45) is -1.88. The van der Waals surface area contributed by atoms with Crippen LogP contribution in [0.5, 0.6) is 0 Å². The highest BCUT2D eigenvalue weighted by Crippen LogP contribution is 2.32. The third-order valence-electron chi connectivity index (χ3n) is 5.20. The van der Waals surface area contributed by atoms with E-state index in [9.17, 15) is 13.2 Å². The van der Waals surface area contributed by atoms with E-state index < -0.39 is 11.9 Å². The number of thiocarbonyl (C=S) groups is 1. The molecule has 6 nitrogen and oxygen atoms in total. The van der Waals surface area contributed by atoms with Crippen molar-refractivity contribution in [3.8, 4) is 0 Å². The molecule has 1 fully saturated rings. The highest BCUT2D eigenvalue weighted by Gasteiger charge is 2.34. The predicted molar refractivity (Wildman–Crippen MR) is 111 cm³/mol. The number of ether oxygens (including phenoxy) is 1. The van der Waals surface area contributed by atoms with Crippen molar-refractivity contribution >= 4 is 29.1 Å². The average molecular weight is 437 g/mol. The molecule has 0 bridgehead atoms. The maximum atomic E-state index is 13.4. The van der Waals surface area contributed by atoms with Gasteiger partial charge in [-0.05, 0) is 42.6 Å².